The number of anilines is 1. The molecular weight excluding hydrogens is 537 g/mol. The van der Waals surface area contributed by atoms with Crippen molar-refractivity contribution in [2.45, 2.75) is 6.54 Å². The van der Waals surface area contributed by atoms with E-state index in [0.29, 0.717) is 6.54 Å². The highest BCUT2D eigenvalue weighted by Crippen LogP contribution is 2.31. The Balaban J connectivity index is 0.00000245. The summed E-state index contributed by atoms with van der Waals surface area (Å²) in [5.74, 6) is 3.30. The van der Waals surface area contributed by atoms with Gasteiger partial charge in [-0.1, -0.05) is 12.1 Å². The molecule has 166 valence electrons. The molecule has 10 heteroatoms. The number of rotatable bonds is 4. The van der Waals surface area contributed by atoms with E-state index in [0.717, 1.165) is 64.8 Å². The van der Waals surface area contributed by atoms with Crippen LogP contribution in [0.15, 0.2) is 64.3 Å². The van der Waals surface area contributed by atoms with Gasteiger partial charge >= 0.3 is 0 Å². The molecule has 0 unspecified atom stereocenters. The van der Waals surface area contributed by atoms with Gasteiger partial charge in [-0.15, -0.1) is 35.3 Å². The number of aliphatic imine (C=N–C) groups is 1. The van der Waals surface area contributed by atoms with Crippen molar-refractivity contribution in [1.29, 1.82) is 0 Å². The van der Waals surface area contributed by atoms with Gasteiger partial charge in [0.05, 0.1) is 16.8 Å². The highest BCUT2D eigenvalue weighted by atomic mass is 127. The minimum absolute atomic E-state index is 0. The molecule has 8 nitrogen and oxygen atoms in total. The van der Waals surface area contributed by atoms with Crippen molar-refractivity contribution < 1.29 is 4.42 Å². The van der Waals surface area contributed by atoms with Crippen molar-refractivity contribution in [1.82, 2.24) is 25.2 Å². The van der Waals surface area contributed by atoms with Crippen molar-refractivity contribution in [3.8, 4) is 10.8 Å². The number of halogens is 1. The Morgan fingerprint density at radius 1 is 1.06 bits per heavy atom. The second kappa shape index (κ2) is 10.3. The van der Waals surface area contributed by atoms with Crippen molar-refractivity contribution in [2.24, 2.45) is 4.99 Å². The lowest BCUT2D eigenvalue weighted by molar-refractivity contribution is 0.367. The van der Waals surface area contributed by atoms with Crippen LogP contribution in [0.4, 0.5) is 5.95 Å². The molecule has 0 spiro atoms. The number of thiazole rings is 1. The van der Waals surface area contributed by atoms with E-state index in [2.05, 4.69) is 41.1 Å². The molecule has 1 aliphatic rings. The van der Waals surface area contributed by atoms with E-state index in [-0.39, 0.29) is 24.0 Å². The number of nitrogens with one attached hydrogen (secondary N) is 1. The lowest BCUT2D eigenvalue weighted by Crippen LogP contribution is -2.52. The molecule has 1 fully saturated rings. The number of aromatic nitrogens is 3. The molecule has 3 aromatic heterocycles. The molecule has 0 atom stereocenters. The molecule has 0 amide bonds. The second-order valence-corrected chi connectivity index (χ2v) is 8.21. The Kier molecular flexibility index (Phi) is 7.20. The summed E-state index contributed by atoms with van der Waals surface area (Å²) in [5, 5.41) is 4.32. The Bertz CT molecular complexity index is 1150. The zero-order valence-electron chi connectivity index (χ0n) is 17.6. The summed E-state index contributed by atoms with van der Waals surface area (Å²) < 4.78 is 7.20. The van der Waals surface area contributed by atoms with E-state index in [1.165, 1.54) is 0 Å². The molecular formula is C22H24IN7OS. The molecule has 4 heterocycles. The number of para-hydroxylation sites is 1. The van der Waals surface area contributed by atoms with E-state index in [1.807, 2.05) is 43.4 Å². The zero-order chi connectivity index (χ0) is 21.0. The number of benzene rings is 1. The standard InChI is InChI=1S/C22H23N7OS.HI/c1-23-21(28-11-13-29(14-12-28)22-24-9-4-10-25-22)26-15-16-7-8-18(30-16)20-27-17-5-2-3-6-19(17)31-20;/h2-10H,11-15H2,1H3,(H,23,26);1H. The number of fused-ring (bicyclic) bond motifs is 1. The summed E-state index contributed by atoms with van der Waals surface area (Å²) in [6.07, 6.45) is 3.56. The molecule has 0 saturated carbocycles. The van der Waals surface area contributed by atoms with Crippen LogP contribution in [0.5, 0.6) is 0 Å². The predicted molar refractivity (Wildman–Crippen MR) is 139 cm³/mol. The Morgan fingerprint density at radius 3 is 2.59 bits per heavy atom. The van der Waals surface area contributed by atoms with E-state index < -0.39 is 0 Å². The molecule has 4 aromatic rings. The molecule has 0 bridgehead atoms. The minimum atomic E-state index is 0. The van der Waals surface area contributed by atoms with Gasteiger partial charge in [-0.3, -0.25) is 4.99 Å². The normalized spacial score (nSPS) is 14.5. The Morgan fingerprint density at radius 2 is 1.84 bits per heavy atom. The van der Waals surface area contributed by atoms with Crippen molar-refractivity contribution in [2.75, 3.05) is 38.1 Å². The molecule has 1 N–H and O–H groups in total. The number of guanidine groups is 1. The first-order valence-electron chi connectivity index (χ1n) is 10.2. The minimum Gasteiger partial charge on any atom is -0.457 e. The Hall–Kier alpha value is -2.73. The van der Waals surface area contributed by atoms with Crippen molar-refractivity contribution in [3.63, 3.8) is 0 Å². The third-order valence-corrected chi connectivity index (χ3v) is 6.26. The van der Waals surface area contributed by atoms with Gasteiger partial charge in [-0.25, -0.2) is 15.0 Å². The number of nitrogens with zero attached hydrogens (tertiary/aromatic N) is 6. The summed E-state index contributed by atoms with van der Waals surface area (Å²) in [4.78, 5) is 22.2. The summed E-state index contributed by atoms with van der Waals surface area (Å²) >= 11 is 1.64. The fourth-order valence-electron chi connectivity index (χ4n) is 3.64. The average Bonchev–Trinajstić information content (AvgIpc) is 3.47. The maximum atomic E-state index is 6.04. The summed E-state index contributed by atoms with van der Waals surface area (Å²) in [5.41, 5.74) is 0.999. The highest BCUT2D eigenvalue weighted by Gasteiger charge is 2.21. The predicted octanol–water partition coefficient (Wildman–Crippen LogP) is 3.86. The molecule has 0 aliphatic carbocycles. The van der Waals surface area contributed by atoms with Gasteiger partial charge in [-0.2, -0.15) is 0 Å². The maximum Gasteiger partial charge on any atom is 0.225 e. The quantitative estimate of drug-likeness (QED) is 0.230. The van der Waals surface area contributed by atoms with Crippen LogP contribution >= 0.6 is 35.3 Å². The SMILES string of the molecule is CN=C(NCc1ccc(-c2nc3ccccc3s2)o1)N1CCN(c2ncccn2)CC1.I. The van der Waals surface area contributed by atoms with Crippen LogP contribution in [-0.2, 0) is 6.54 Å². The number of furan rings is 1. The first-order chi connectivity index (χ1) is 15.3. The summed E-state index contributed by atoms with van der Waals surface area (Å²) in [6.45, 7) is 3.99. The van der Waals surface area contributed by atoms with E-state index in [9.17, 15) is 0 Å². The maximum absolute atomic E-state index is 6.04. The molecule has 5 rings (SSSR count). The van der Waals surface area contributed by atoms with Gasteiger partial charge in [0.2, 0.25) is 5.95 Å². The second-order valence-electron chi connectivity index (χ2n) is 7.18. The molecule has 0 radical (unpaired) electrons. The topological polar surface area (TPSA) is 82.7 Å². The van der Waals surface area contributed by atoms with Crippen LogP contribution in [0, 0.1) is 0 Å². The molecule has 1 aromatic carbocycles. The lowest BCUT2D eigenvalue weighted by atomic mass is 10.3. The highest BCUT2D eigenvalue weighted by molar-refractivity contribution is 14.0. The zero-order valence-corrected chi connectivity index (χ0v) is 20.8. The van der Waals surface area contributed by atoms with Gasteiger partial charge in [0.25, 0.3) is 0 Å². The number of hydrogen-bond donors (Lipinski definition) is 1. The lowest BCUT2D eigenvalue weighted by Gasteiger charge is -2.36. The average molecular weight is 561 g/mol. The van der Waals surface area contributed by atoms with Crippen LogP contribution in [0.2, 0.25) is 0 Å². The van der Waals surface area contributed by atoms with E-state index in [4.69, 9.17) is 4.42 Å². The Labute approximate surface area is 207 Å². The van der Waals surface area contributed by atoms with Crippen molar-refractivity contribution in [3.05, 3.63) is 60.6 Å². The third kappa shape index (κ3) is 4.85. The number of hydrogen-bond acceptors (Lipinski definition) is 7. The van der Waals surface area contributed by atoms with E-state index >= 15 is 0 Å². The molecule has 1 aliphatic heterocycles. The van der Waals surface area contributed by atoms with E-state index in [1.54, 1.807) is 23.7 Å². The fourth-order valence-corrected chi connectivity index (χ4v) is 4.56. The number of piperazine rings is 1. The van der Waals surface area contributed by atoms with Crippen LogP contribution < -0.4 is 10.2 Å². The largest absolute Gasteiger partial charge is 0.457 e. The van der Waals surface area contributed by atoms with Crippen LogP contribution in [0.1, 0.15) is 5.76 Å². The van der Waals surface area contributed by atoms with Crippen LogP contribution in [0.3, 0.4) is 0 Å². The fraction of sp³-hybridized carbons (Fsp3) is 0.273. The first-order valence-corrected chi connectivity index (χ1v) is 11.0. The van der Waals surface area contributed by atoms with Gasteiger partial charge in [0.15, 0.2) is 16.7 Å². The van der Waals surface area contributed by atoms with Gasteiger partial charge in [0.1, 0.15) is 5.76 Å². The first kappa shape index (κ1) is 22.5. The van der Waals surface area contributed by atoms with Crippen LogP contribution in [-0.4, -0.2) is 59.0 Å². The summed E-state index contributed by atoms with van der Waals surface area (Å²) in [6, 6.07) is 13.9. The monoisotopic (exact) mass is 561 g/mol. The third-order valence-electron chi connectivity index (χ3n) is 5.21. The van der Waals surface area contributed by atoms with Crippen LogP contribution in [0.25, 0.3) is 21.0 Å². The van der Waals surface area contributed by atoms with Gasteiger partial charge in [-0.05, 0) is 30.3 Å². The smallest absolute Gasteiger partial charge is 0.225 e. The summed E-state index contributed by atoms with van der Waals surface area (Å²) in [7, 11) is 1.81. The van der Waals surface area contributed by atoms with Gasteiger partial charge in [0, 0.05) is 45.6 Å². The molecule has 32 heavy (non-hydrogen) atoms. The van der Waals surface area contributed by atoms with Gasteiger partial charge < -0.3 is 19.5 Å². The molecule has 1 saturated heterocycles. The van der Waals surface area contributed by atoms with Crippen molar-refractivity contribution >= 4 is 57.4 Å².